The van der Waals surface area contributed by atoms with E-state index in [4.69, 9.17) is 4.98 Å². The van der Waals surface area contributed by atoms with E-state index >= 15 is 0 Å². The quantitative estimate of drug-likeness (QED) is 0.177. The number of thiophene rings is 1. The maximum atomic E-state index is 4.87. The highest BCUT2D eigenvalue weighted by Gasteiger charge is 2.49. The molecule has 2 nitrogen and oxygen atoms in total. The normalized spacial score (nSPS) is 15.5. The largest absolute Gasteiger partial charge is 0.294 e. The van der Waals surface area contributed by atoms with Gasteiger partial charge in [-0.3, -0.25) is 4.57 Å². The van der Waals surface area contributed by atoms with E-state index in [-0.39, 0.29) is 0 Å². The van der Waals surface area contributed by atoms with E-state index in [2.05, 4.69) is 174 Å². The van der Waals surface area contributed by atoms with Crippen LogP contribution in [-0.2, 0) is 5.41 Å². The second-order valence-electron chi connectivity index (χ2n) is 14.3. The molecule has 3 heteroatoms. The minimum Gasteiger partial charge on any atom is -0.294 e. The van der Waals surface area contributed by atoms with E-state index in [0.29, 0.717) is 0 Å². The average molecular weight is 691 g/mol. The summed E-state index contributed by atoms with van der Waals surface area (Å²) in [5, 5.41) is 5.06. The van der Waals surface area contributed by atoms with E-state index in [1.54, 1.807) is 0 Å². The van der Waals surface area contributed by atoms with Crippen LogP contribution in [0.25, 0.3) is 82.2 Å². The summed E-state index contributed by atoms with van der Waals surface area (Å²) in [7, 11) is 0. The van der Waals surface area contributed by atoms with Crippen molar-refractivity contribution >= 4 is 65.6 Å². The molecule has 0 amide bonds. The van der Waals surface area contributed by atoms with Gasteiger partial charge < -0.3 is 0 Å². The molecule has 0 saturated heterocycles. The van der Waals surface area contributed by atoms with Crippen molar-refractivity contribution in [2.24, 2.45) is 0 Å². The second kappa shape index (κ2) is 10.7. The average Bonchev–Trinajstić information content (AvgIpc) is 3.83. The topological polar surface area (TPSA) is 17.8 Å². The van der Waals surface area contributed by atoms with Gasteiger partial charge in [-0.25, -0.2) is 4.98 Å². The molecule has 0 saturated carbocycles. The van der Waals surface area contributed by atoms with Crippen molar-refractivity contribution in [1.82, 2.24) is 9.55 Å². The van der Waals surface area contributed by atoms with Gasteiger partial charge in [-0.15, -0.1) is 11.3 Å². The zero-order valence-electron chi connectivity index (χ0n) is 28.6. The summed E-state index contributed by atoms with van der Waals surface area (Å²) in [5.74, 6) is 0. The summed E-state index contributed by atoms with van der Waals surface area (Å²) in [6.07, 6.45) is 6.54. The van der Waals surface area contributed by atoms with Crippen molar-refractivity contribution < 1.29 is 0 Å². The molecule has 246 valence electrons. The number of pyridine rings is 1. The Kier molecular flexibility index (Phi) is 5.89. The lowest BCUT2D eigenvalue weighted by Crippen LogP contribution is -2.30. The van der Waals surface area contributed by atoms with Crippen LogP contribution in [0, 0.1) is 0 Å². The molecule has 0 bridgehead atoms. The molecule has 12 rings (SSSR count). The van der Waals surface area contributed by atoms with Crippen molar-refractivity contribution in [1.29, 1.82) is 0 Å². The van der Waals surface area contributed by atoms with E-state index < -0.39 is 5.41 Å². The Morgan fingerprint density at radius 2 is 1.23 bits per heavy atom. The lowest BCUT2D eigenvalue weighted by molar-refractivity contribution is 0.767. The van der Waals surface area contributed by atoms with Gasteiger partial charge in [0.15, 0.2) is 0 Å². The third-order valence-corrected chi connectivity index (χ3v) is 12.8. The molecule has 7 aromatic carbocycles. The van der Waals surface area contributed by atoms with Gasteiger partial charge in [0.1, 0.15) is 5.65 Å². The lowest BCUT2D eigenvalue weighted by atomic mass is 9.65. The van der Waals surface area contributed by atoms with Gasteiger partial charge in [-0.05, 0) is 110 Å². The molecule has 1 unspecified atom stereocenters. The van der Waals surface area contributed by atoms with E-state index in [0.717, 1.165) is 22.2 Å². The maximum Gasteiger partial charge on any atom is 0.145 e. The van der Waals surface area contributed by atoms with E-state index in [1.807, 2.05) is 23.6 Å². The van der Waals surface area contributed by atoms with Gasteiger partial charge in [0.25, 0.3) is 0 Å². The van der Waals surface area contributed by atoms with Crippen LogP contribution < -0.4 is 0 Å². The van der Waals surface area contributed by atoms with Crippen molar-refractivity contribution in [3.8, 4) is 27.9 Å². The Hall–Kier alpha value is -6.55. The molecule has 0 fully saturated rings. The summed E-state index contributed by atoms with van der Waals surface area (Å²) >= 11 is 1.90. The highest BCUT2D eigenvalue weighted by molar-refractivity contribution is 7.26. The summed E-state index contributed by atoms with van der Waals surface area (Å²) in [6.45, 7) is 0. The Morgan fingerprint density at radius 1 is 0.491 bits per heavy atom. The van der Waals surface area contributed by atoms with Crippen molar-refractivity contribution in [2.75, 3.05) is 0 Å². The first-order valence-electron chi connectivity index (χ1n) is 18.2. The van der Waals surface area contributed by atoms with Gasteiger partial charge in [0.05, 0.1) is 10.9 Å². The van der Waals surface area contributed by atoms with Crippen LogP contribution in [0.5, 0.6) is 0 Å². The van der Waals surface area contributed by atoms with Crippen LogP contribution in [0.4, 0.5) is 0 Å². The summed E-state index contributed by atoms with van der Waals surface area (Å²) in [6, 6.07) is 60.8. The molecular formula is C50H30N2S. The number of aromatic nitrogens is 2. The molecule has 2 aliphatic rings. The minimum atomic E-state index is -0.508. The first-order valence-corrected chi connectivity index (χ1v) is 19.0. The molecule has 3 aromatic heterocycles. The van der Waals surface area contributed by atoms with Crippen LogP contribution in [0.3, 0.4) is 0 Å². The second-order valence-corrected chi connectivity index (χ2v) is 15.3. The van der Waals surface area contributed by atoms with Crippen LogP contribution in [0.2, 0.25) is 0 Å². The molecule has 10 aromatic rings. The van der Waals surface area contributed by atoms with Gasteiger partial charge >= 0.3 is 0 Å². The minimum absolute atomic E-state index is 0.508. The zero-order chi connectivity index (χ0) is 34.7. The Bertz CT molecular complexity index is 3180. The number of nitrogens with zero attached hydrogens (tertiary/aromatic N) is 2. The van der Waals surface area contributed by atoms with Crippen molar-refractivity contribution in [3.63, 3.8) is 0 Å². The highest BCUT2D eigenvalue weighted by atomic mass is 32.1. The molecule has 2 aliphatic carbocycles. The Balaban J connectivity index is 1.16. The summed E-state index contributed by atoms with van der Waals surface area (Å²) in [5.41, 5.74) is 15.7. The van der Waals surface area contributed by atoms with Crippen LogP contribution in [0.1, 0.15) is 33.4 Å². The number of hydrogen-bond acceptors (Lipinski definition) is 2. The zero-order valence-corrected chi connectivity index (χ0v) is 29.4. The Morgan fingerprint density at radius 3 is 2.15 bits per heavy atom. The monoisotopic (exact) mass is 690 g/mol. The first-order chi connectivity index (χ1) is 26.3. The third-order valence-electron chi connectivity index (χ3n) is 11.7. The number of hydrogen-bond donors (Lipinski definition) is 0. The molecular weight excluding hydrogens is 661 g/mol. The molecule has 1 spiro atoms. The molecule has 1 atom stereocenters. The van der Waals surface area contributed by atoms with Crippen LogP contribution >= 0.6 is 11.3 Å². The fraction of sp³-hybridized carbons (Fsp3) is 0.0200. The van der Waals surface area contributed by atoms with Crippen LogP contribution in [-0.4, -0.2) is 9.55 Å². The number of benzene rings is 7. The fourth-order valence-electron chi connectivity index (χ4n) is 9.54. The predicted octanol–water partition coefficient (Wildman–Crippen LogP) is 13.1. The molecule has 3 heterocycles. The highest BCUT2D eigenvalue weighted by Crippen LogP contribution is 2.61. The molecule has 0 radical (unpaired) electrons. The predicted molar refractivity (Wildman–Crippen MR) is 223 cm³/mol. The third kappa shape index (κ3) is 3.84. The molecule has 0 aliphatic heterocycles. The number of fused-ring (bicyclic) bond motifs is 16. The standard InChI is InChI=1S/C50H30N2S/c1-2-12-35(13-3-1)52-44-26-24-33(29-39(44)36-16-10-28-51-49(36)52)34-23-22-32-21-20-31-11-4-7-17-40(31)50(43(32)30-34)41-18-8-5-14-37(41)47-42(50)25-27-46-48(47)38-15-6-9-19-45(38)53-46/h1-30H. The summed E-state index contributed by atoms with van der Waals surface area (Å²) < 4.78 is 4.95. The fourth-order valence-corrected chi connectivity index (χ4v) is 10.7. The summed E-state index contributed by atoms with van der Waals surface area (Å²) in [4.78, 5) is 4.87. The molecule has 53 heavy (non-hydrogen) atoms. The smallest absolute Gasteiger partial charge is 0.145 e. The van der Waals surface area contributed by atoms with Crippen LogP contribution in [0.15, 0.2) is 170 Å². The first kappa shape index (κ1) is 29.1. The number of para-hydroxylation sites is 1. The lowest BCUT2D eigenvalue weighted by Gasteiger charge is -2.35. The van der Waals surface area contributed by atoms with Crippen molar-refractivity contribution in [3.05, 3.63) is 203 Å². The van der Waals surface area contributed by atoms with Crippen molar-refractivity contribution in [2.45, 2.75) is 5.41 Å². The van der Waals surface area contributed by atoms with Gasteiger partial charge in [-0.2, -0.15) is 0 Å². The van der Waals surface area contributed by atoms with Gasteiger partial charge in [0, 0.05) is 42.8 Å². The van der Waals surface area contributed by atoms with E-state index in [9.17, 15) is 0 Å². The number of rotatable bonds is 2. The SMILES string of the molecule is C1=Cc2ccc(-c3ccc4c(c3)c3cccnc3n4-c3ccccc3)cc2C2(c3ccccc31)c1ccccc1-c1c2ccc2sc3ccccc3c12. The Labute approximate surface area is 310 Å². The maximum absolute atomic E-state index is 4.87. The molecule has 0 N–H and O–H groups in total. The van der Waals surface area contributed by atoms with Gasteiger partial charge in [-0.1, -0.05) is 121 Å². The van der Waals surface area contributed by atoms with E-state index in [1.165, 1.54) is 81.2 Å². The van der Waals surface area contributed by atoms with Gasteiger partial charge in [0.2, 0.25) is 0 Å².